The van der Waals surface area contributed by atoms with E-state index in [9.17, 15) is 0 Å². The van der Waals surface area contributed by atoms with Crippen LogP contribution in [0.25, 0.3) is 0 Å². The number of nitrogens with zero attached hydrogens (tertiary/aromatic N) is 3. The Kier molecular flexibility index (Phi) is 1.95. The fraction of sp³-hybridized carbons (Fsp3) is 0.714. The summed E-state index contributed by atoms with van der Waals surface area (Å²) in [4.78, 5) is 0. The molecule has 0 radical (unpaired) electrons. The van der Waals surface area contributed by atoms with Crippen LogP contribution < -0.4 is 5.73 Å². The average molecular weight is 154 g/mol. The van der Waals surface area contributed by atoms with Crippen molar-refractivity contribution in [2.24, 2.45) is 5.73 Å². The number of nitrogens with two attached hydrogens (primary N) is 1. The normalized spacial score (nSPS) is 12.0. The van der Waals surface area contributed by atoms with Gasteiger partial charge in [0.25, 0.3) is 0 Å². The first-order valence-corrected chi connectivity index (χ1v) is 3.66. The average Bonchev–Trinajstić information content (AvgIpc) is 2.32. The molecule has 1 rings (SSSR count). The predicted octanol–water partition coefficient (Wildman–Crippen LogP) is 0.492. The lowest BCUT2D eigenvalue weighted by atomic mass is 10.1. The number of hydrogen-bond acceptors (Lipinski definition) is 3. The van der Waals surface area contributed by atoms with Gasteiger partial charge in [0.1, 0.15) is 0 Å². The third kappa shape index (κ3) is 1.77. The van der Waals surface area contributed by atoms with Crippen LogP contribution in [0.2, 0.25) is 0 Å². The minimum atomic E-state index is 0.000417. The molecule has 0 aliphatic heterocycles. The van der Waals surface area contributed by atoms with Crippen LogP contribution >= 0.6 is 0 Å². The maximum Gasteiger partial charge on any atom is 0.0962 e. The summed E-state index contributed by atoms with van der Waals surface area (Å²) < 4.78 is 1.81. The molecular formula is C7H14N4. The summed E-state index contributed by atoms with van der Waals surface area (Å²) in [7, 11) is 0. The van der Waals surface area contributed by atoms with E-state index in [1.54, 1.807) is 0 Å². The van der Waals surface area contributed by atoms with Crippen LogP contribution in [-0.4, -0.2) is 15.0 Å². The predicted molar refractivity (Wildman–Crippen MR) is 42.9 cm³/mol. The van der Waals surface area contributed by atoms with Crippen molar-refractivity contribution in [1.82, 2.24) is 15.0 Å². The fourth-order valence-corrected chi connectivity index (χ4v) is 0.720. The van der Waals surface area contributed by atoms with Crippen molar-refractivity contribution in [2.45, 2.75) is 32.9 Å². The second-order valence-corrected chi connectivity index (χ2v) is 3.53. The van der Waals surface area contributed by atoms with Gasteiger partial charge in [0.05, 0.1) is 17.4 Å². The Morgan fingerprint density at radius 2 is 2.18 bits per heavy atom. The minimum absolute atomic E-state index is 0.000417. The summed E-state index contributed by atoms with van der Waals surface area (Å²) in [5.74, 6) is 0. The monoisotopic (exact) mass is 154 g/mol. The van der Waals surface area contributed by atoms with Gasteiger partial charge in [0.2, 0.25) is 0 Å². The molecule has 1 aromatic heterocycles. The second kappa shape index (κ2) is 2.62. The molecule has 0 fully saturated rings. The van der Waals surface area contributed by atoms with Gasteiger partial charge < -0.3 is 5.73 Å². The van der Waals surface area contributed by atoms with Crippen molar-refractivity contribution in [3.05, 3.63) is 11.9 Å². The molecule has 0 saturated heterocycles. The van der Waals surface area contributed by atoms with E-state index in [0.717, 1.165) is 5.69 Å². The van der Waals surface area contributed by atoms with Gasteiger partial charge >= 0.3 is 0 Å². The van der Waals surface area contributed by atoms with Crippen molar-refractivity contribution in [1.29, 1.82) is 0 Å². The van der Waals surface area contributed by atoms with Gasteiger partial charge in [-0.3, -0.25) is 0 Å². The smallest absolute Gasteiger partial charge is 0.0962 e. The van der Waals surface area contributed by atoms with Crippen LogP contribution in [0, 0.1) is 0 Å². The van der Waals surface area contributed by atoms with Crippen LogP contribution in [0.1, 0.15) is 26.5 Å². The fourth-order valence-electron chi connectivity index (χ4n) is 0.720. The first kappa shape index (κ1) is 8.20. The zero-order valence-electron chi connectivity index (χ0n) is 7.20. The van der Waals surface area contributed by atoms with Crippen LogP contribution in [0.5, 0.6) is 0 Å². The SMILES string of the molecule is CC(C)(C)n1cc(CN)nn1. The molecule has 2 N–H and O–H groups in total. The van der Waals surface area contributed by atoms with E-state index < -0.39 is 0 Å². The van der Waals surface area contributed by atoms with Crippen LogP contribution in [0.15, 0.2) is 6.20 Å². The molecule has 4 nitrogen and oxygen atoms in total. The Morgan fingerprint density at radius 3 is 2.45 bits per heavy atom. The lowest BCUT2D eigenvalue weighted by Crippen LogP contribution is -2.22. The van der Waals surface area contributed by atoms with Crippen LogP contribution in [0.3, 0.4) is 0 Å². The van der Waals surface area contributed by atoms with E-state index in [1.807, 2.05) is 10.9 Å². The van der Waals surface area contributed by atoms with Crippen LogP contribution in [0.4, 0.5) is 0 Å². The highest BCUT2D eigenvalue weighted by Gasteiger charge is 2.13. The molecule has 0 aromatic carbocycles. The highest BCUT2D eigenvalue weighted by Crippen LogP contribution is 2.11. The first-order chi connectivity index (χ1) is 5.04. The summed E-state index contributed by atoms with van der Waals surface area (Å²) in [5, 5.41) is 7.83. The first-order valence-electron chi connectivity index (χ1n) is 3.66. The van der Waals surface area contributed by atoms with Crippen molar-refractivity contribution in [3.63, 3.8) is 0 Å². The van der Waals surface area contributed by atoms with Crippen molar-refractivity contribution in [3.8, 4) is 0 Å². The van der Waals surface area contributed by atoms with Crippen molar-refractivity contribution >= 4 is 0 Å². The van der Waals surface area contributed by atoms with Crippen molar-refractivity contribution in [2.75, 3.05) is 0 Å². The third-order valence-electron chi connectivity index (χ3n) is 1.44. The molecule has 62 valence electrons. The lowest BCUT2D eigenvalue weighted by molar-refractivity contribution is 0.347. The largest absolute Gasteiger partial charge is 0.325 e. The van der Waals surface area contributed by atoms with Gasteiger partial charge in [-0.2, -0.15) is 0 Å². The van der Waals surface area contributed by atoms with E-state index in [0.29, 0.717) is 6.54 Å². The Hall–Kier alpha value is -0.900. The van der Waals surface area contributed by atoms with E-state index >= 15 is 0 Å². The molecule has 0 amide bonds. The zero-order chi connectivity index (χ0) is 8.48. The summed E-state index contributed by atoms with van der Waals surface area (Å²) in [6.45, 7) is 6.67. The molecule has 0 spiro atoms. The van der Waals surface area contributed by atoms with Gasteiger partial charge in [0.15, 0.2) is 0 Å². The summed E-state index contributed by atoms with van der Waals surface area (Å²) in [6, 6.07) is 0. The van der Waals surface area contributed by atoms with Gasteiger partial charge in [-0.05, 0) is 20.8 Å². The quantitative estimate of drug-likeness (QED) is 0.640. The van der Waals surface area contributed by atoms with Gasteiger partial charge in [-0.25, -0.2) is 4.68 Å². The number of aromatic nitrogens is 3. The molecule has 0 saturated carbocycles. The lowest BCUT2D eigenvalue weighted by Gasteiger charge is -2.17. The molecular weight excluding hydrogens is 140 g/mol. The van der Waals surface area contributed by atoms with Gasteiger partial charge in [-0.1, -0.05) is 5.21 Å². The molecule has 4 heteroatoms. The van der Waals surface area contributed by atoms with E-state index in [2.05, 4.69) is 31.1 Å². The maximum absolute atomic E-state index is 5.39. The zero-order valence-corrected chi connectivity index (χ0v) is 7.20. The van der Waals surface area contributed by atoms with E-state index in [-0.39, 0.29) is 5.54 Å². The summed E-state index contributed by atoms with van der Waals surface area (Å²) in [5.41, 5.74) is 6.22. The molecule has 1 aromatic rings. The number of rotatable bonds is 1. The Morgan fingerprint density at radius 1 is 1.55 bits per heavy atom. The highest BCUT2D eigenvalue weighted by molar-refractivity contribution is 4.92. The molecule has 1 heterocycles. The molecule has 0 aliphatic carbocycles. The molecule has 0 atom stereocenters. The van der Waals surface area contributed by atoms with Crippen LogP contribution in [-0.2, 0) is 12.1 Å². The highest BCUT2D eigenvalue weighted by atomic mass is 15.4. The summed E-state index contributed by atoms with van der Waals surface area (Å²) >= 11 is 0. The molecule has 0 unspecified atom stereocenters. The molecule has 11 heavy (non-hydrogen) atoms. The maximum atomic E-state index is 5.39. The van der Waals surface area contributed by atoms with Gasteiger partial charge in [0, 0.05) is 6.54 Å². The van der Waals surface area contributed by atoms with Crippen molar-refractivity contribution < 1.29 is 0 Å². The Labute approximate surface area is 66.4 Å². The van der Waals surface area contributed by atoms with E-state index in [4.69, 9.17) is 5.73 Å². The molecule has 0 bridgehead atoms. The molecule has 0 aliphatic rings. The summed E-state index contributed by atoms with van der Waals surface area (Å²) in [6.07, 6.45) is 1.88. The number of hydrogen-bond donors (Lipinski definition) is 1. The standard InChI is InChI=1S/C7H14N4/c1-7(2,3)11-5-6(4-8)9-10-11/h5H,4,8H2,1-3H3. The third-order valence-corrected chi connectivity index (χ3v) is 1.44. The topological polar surface area (TPSA) is 56.7 Å². The van der Waals surface area contributed by atoms with E-state index in [1.165, 1.54) is 0 Å². The van der Waals surface area contributed by atoms with Gasteiger partial charge in [-0.15, -0.1) is 5.10 Å². The minimum Gasteiger partial charge on any atom is -0.325 e. The Bertz CT molecular complexity index is 233. The second-order valence-electron chi connectivity index (χ2n) is 3.53. The Balaban J connectivity index is 2.89.